The van der Waals surface area contributed by atoms with E-state index < -0.39 is 16.1 Å². The Morgan fingerprint density at radius 2 is 2.19 bits per heavy atom. The van der Waals surface area contributed by atoms with Crippen molar-refractivity contribution in [2.24, 2.45) is 0 Å². The Balaban J connectivity index is 2.47. The van der Waals surface area contributed by atoms with E-state index in [-0.39, 0.29) is 4.90 Å². The second kappa shape index (κ2) is 6.89. The lowest BCUT2D eigenvalue weighted by Crippen LogP contribution is -2.44. The van der Waals surface area contributed by atoms with Crippen LogP contribution < -0.4 is 4.74 Å². The molecule has 0 spiro atoms. The smallest absolute Gasteiger partial charge is 0.247 e. The highest BCUT2D eigenvalue weighted by Crippen LogP contribution is 2.32. The minimum Gasteiger partial charge on any atom is -0.492 e. The van der Waals surface area contributed by atoms with Gasteiger partial charge in [0, 0.05) is 11.0 Å². The van der Waals surface area contributed by atoms with Gasteiger partial charge in [-0.1, -0.05) is 22.4 Å². The number of carbonyl (C=O) groups excluding carboxylic acids is 1. The Bertz CT molecular complexity index is 617. The summed E-state index contributed by atoms with van der Waals surface area (Å²) in [6, 6.07) is 4.30. The number of piperidine rings is 1. The molecule has 0 aliphatic carbocycles. The molecule has 0 bridgehead atoms. The third-order valence-electron chi connectivity index (χ3n) is 3.45. The molecule has 0 amide bonds. The van der Waals surface area contributed by atoms with Gasteiger partial charge in [0.05, 0.1) is 12.6 Å². The summed E-state index contributed by atoms with van der Waals surface area (Å²) in [6.45, 7) is 2.54. The molecule has 0 N–H and O–H groups in total. The quantitative estimate of drug-likeness (QED) is 0.741. The molecule has 0 aromatic heterocycles. The Morgan fingerprint density at radius 3 is 2.86 bits per heavy atom. The Hall–Kier alpha value is -0.920. The average Bonchev–Trinajstić information content (AvgIpc) is 2.49. The first-order valence-corrected chi connectivity index (χ1v) is 9.13. The molecule has 2 rings (SSSR count). The van der Waals surface area contributed by atoms with Crippen LogP contribution >= 0.6 is 15.9 Å². The largest absolute Gasteiger partial charge is 0.492 e. The summed E-state index contributed by atoms with van der Waals surface area (Å²) in [5.41, 5.74) is 0. The SMILES string of the molecule is CCOc1ccc(Br)cc1S(=O)(=O)N1CCCCC1C=O. The van der Waals surface area contributed by atoms with Gasteiger partial charge in [0.15, 0.2) is 0 Å². The van der Waals surface area contributed by atoms with Gasteiger partial charge in [-0.3, -0.25) is 0 Å². The molecule has 1 saturated heterocycles. The lowest BCUT2D eigenvalue weighted by Gasteiger charge is -2.31. The lowest BCUT2D eigenvalue weighted by atomic mass is 10.1. The maximum atomic E-state index is 12.9. The normalized spacial score (nSPS) is 20.2. The van der Waals surface area contributed by atoms with Gasteiger partial charge in [-0.2, -0.15) is 4.31 Å². The first-order chi connectivity index (χ1) is 10.0. The van der Waals surface area contributed by atoms with Crippen LogP contribution in [0.1, 0.15) is 26.2 Å². The van der Waals surface area contributed by atoms with Crippen molar-refractivity contribution in [3.05, 3.63) is 22.7 Å². The maximum absolute atomic E-state index is 12.9. The van der Waals surface area contributed by atoms with E-state index in [2.05, 4.69) is 15.9 Å². The molecular formula is C14H18BrNO4S. The van der Waals surface area contributed by atoms with Crippen LogP contribution in [0.15, 0.2) is 27.6 Å². The van der Waals surface area contributed by atoms with Crippen LogP contribution in [0.2, 0.25) is 0 Å². The zero-order valence-corrected chi connectivity index (χ0v) is 14.2. The predicted octanol–water partition coefficient (Wildman–Crippen LogP) is 2.59. The summed E-state index contributed by atoms with van der Waals surface area (Å²) < 4.78 is 33.1. The van der Waals surface area contributed by atoms with E-state index in [9.17, 15) is 13.2 Å². The topological polar surface area (TPSA) is 63.7 Å². The fourth-order valence-electron chi connectivity index (χ4n) is 2.45. The number of halogens is 1. The number of hydrogen-bond acceptors (Lipinski definition) is 4. The Kier molecular flexibility index (Phi) is 5.40. The van der Waals surface area contributed by atoms with Gasteiger partial charge in [0.1, 0.15) is 16.9 Å². The molecule has 1 aliphatic rings. The van der Waals surface area contributed by atoms with Gasteiger partial charge in [-0.15, -0.1) is 0 Å². The zero-order chi connectivity index (χ0) is 15.5. The number of sulfonamides is 1. The van der Waals surface area contributed by atoms with Gasteiger partial charge < -0.3 is 9.53 Å². The van der Waals surface area contributed by atoms with Crippen molar-refractivity contribution in [2.75, 3.05) is 13.2 Å². The molecule has 1 aromatic rings. The van der Waals surface area contributed by atoms with Crippen LogP contribution in [-0.2, 0) is 14.8 Å². The number of aldehydes is 1. The second-order valence-corrected chi connectivity index (χ2v) is 7.61. The highest BCUT2D eigenvalue weighted by atomic mass is 79.9. The van der Waals surface area contributed by atoms with Gasteiger partial charge in [0.2, 0.25) is 10.0 Å². The highest BCUT2D eigenvalue weighted by molar-refractivity contribution is 9.10. The highest BCUT2D eigenvalue weighted by Gasteiger charge is 2.35. The molecular weight excluding hydrogens is 358 g/mol. The van der Waals surface area contributed by atoms with E-state index in [0.29, 0.717) is 29.8 Å². The summed E-state index contributed by atoms with van der Waals surface area (Å²) in [6.07, 6.45) is 2.92. The van der Waals surface area contributed by atoms with Crippen molar-refractivity contribution >= 4 is 32.2 Å². The number of hydrogen-bond donors (Lipinski definition) is 0. The number of carbonyl (C=O) groups is 1. The fraction of sp³-hybridized carbons (Fsp3) is 0.500. The van der Waals surface area contributed by atoms with Crippen molar-refractivity contribution in [2.45, 2.75) is 37.1 Å². The van der Waals surface area contributed by atoms with Crippen LogP contribution in [0.4, 0.5) is 0 Å². The zero-order valence-electron chi connectivity index (χ0n) is 11.8. The standard InChI is InChI=1S/C14H18BrNO4S/c1-2-20-13-7-6-11(15)9-14(13)21(18,19)16-8-4-3-5-12(16)10-17/h6-7,9-10,12H,2-5,8H2,1H3. The van der Waals surface area contributed by atoms with E-state index in [0.717, 1.165) is 19.1 Å². The molecule has 7 heteroatoms. The van der Waals surface area contributed by atoms with Crippen LogP contribution in [-0.4, -0.2) is 38.2 Å². The van der Waals surface area contributed by atoms with E-state index in [1.165, 1.54) is 10.4 Å². The summed E-state index contributed by atoms with van der Waals surface area (Å²) >= 11 is 3.29. The van der Waals surface area contributed by atoms with Crippen molar-refractivity contribution in [3.8, 4) is 5.75 Å². The molecule has 0 saturated carbocycles. The van der Waals surface area contributed by atoms with E-state index >= 15 is 0 Å². The van der Waals surface area contributed by atoms with E-state index in [1.54, 1.807) is 19.1 Å². The monoisotopic (exact) mass is 375 g/mol. The number of rotatable bonds is 5. The number of benzene rings is 1. The molecule has 5 nitrogen and oxygen atoms in total. The number of nitrogens with zero attached hydrogens (tertiary/aromatic N) is 1. The molecule has 21 heavy (non-hydrogen) atoms. The molecule has 1 aliphatic heterocycles. The van der Waals surface area contributed by atoms with Crippen LogP contribution in [0.25, 0.3) is 0 Å². The molecule has 0 radical (unpaired) electrons. The summed E-state index contributed by atoms with van der Waals surface area (Å²) in [5, 5.41) is 0. The minimum atomic E-state index is -3.75. The van der Waals surface area contributed by atoms with Crippen molar-refractivity contribution in [3.63, 3.8) is 0 Å². The van der Waals surface area contributed by atoms with Gasteiger partial charge >= 0.3 is 0 Å². The molecule has 1 fully saturated rings. The van der Waals surface area contributed by atoms with Crippen molar-refractivity contribution in [1.82, 2.24) is 4.31 Å². The summed E-state index contributed by atoms with van der Waals surface area (Å²) in [7, 11) is -3.75. The van der Waals surface area contributed by atoms with E-state index in [4.69, 9.17) is 4.74 Å². The molecule has 1 atom stereocenters. The van der Waals surface area contributed by atoms with Crippen LogP contribution in [0.5, 0.6) is 5.75 Å². The minimum absolute atomic E-state index is 0.104. The third kappa shape index (κ3) is 3.46. The van der Waals surface area contributed by atoms with Gasteiger partial charge in [0.25, 0.3) is 0 Å². The first kappa shape index (κ1) is 16.5. The maximum Gasteiger partial charge on any atom is 0.247 e. The van der Waals surface area contributed by atoms with Crippen molar-refractivity contribution < 1.29 is 17.9 Å². The van der Waals surface area contributed by atoms with Gasteiger partial charge in [-0.25, -0.2) is 8.42 Å². The van der Waals surface area contributed by atoms with E-state index in [1.807, 2.05) is 0 Å². The van der Waals surface area contributed by atoms with Crippen LogP contribution in [0.3, 0.4) is 0 Å². The number of ether oxygens (including phenoxy) is 1. The summed E-state index contributed by atoms with van der Waals surface area (Å²) in [5.74, 6) is 0.316. The Morgan fingerprint density at radius 1 is 1.43 bits per heavy atom. The Labute approximate surface area is 133 Å². The second-order valence-electron chi connectivity index (χ2n) is 4.84. The lowest BCUT2D eigenvalue weighted by molar-refractivity contribution is -0.111. The molecule has 1 unspecified atom stereocenters. The fourth-order valence-corrected chi connectivity index (χ4v) is 4.75. The van der Waals surface area contributed by atoms with Crippen LogP contribution in [0, 0.1) is 0 Å². The van der Waals surface area contributed by atoms with Gasteiger partial charge in [-0.05, 0) is 38.0 Å². The molecule has 1 heterocycles. The average molecular weight is 376 g/mol. The molecule has 116 valence electrons. The summed E-state index contributed by atoms with van der Waals surface area (Å²) in [4.78, 5) is 11.3. The predicted molar refractivity (Wildman–Crippen MR) is 82.9 cm³/mol. The molecule has 1 aromatic carbocycles. The van der Waals surface area contributed by atoms with Crippen molar-refractivity contribution in [1.29, 1.82) is 0 Å². The third-order valence-corrected chi connectivity index (χ3v) is 5.89. The first-order valence-electron chi connectivity index (χ1n) is 6.90.